The molecule has 1 unspecified atom stereocenters. The molecule has 68 heavy (non-hydrogen) atoms. The first-order valence-corrected chi connectivity index (χ1v) is 23.1. The Morgan fingerprint density at radius 3 is 2.25 bits per heavy atom. The molecule has 3 aromatic rings. The van der Waals surface area contributed by atoms with Crippen molar-refractivity contribution in [1.82, 2.24) is 40.2 Å². The van der Waals surface area contributed by atoms with Gasteiger partial charge in [0, 0.05) is 78.0 Å². The summed E-state index contributed by atoms with van der Waals surface area (Å²) in [7, 11) is 0. The highest BCUT2D eigenvalue weighted by atomic mass is 19.4. The molecular weight excluding hydrogens is 886 g/mol. The zero-order chi connectivity index (χ0) is 48.3. The summed E-state index contributed by atoms with van der Waals surface area (Å²) < 4.78 is 47.4. The van der Waals surface area contributed by atoms with E-state index in [1.165, 1.54) is 6.07 Å². The van der Waals surface area contributed by atoms with Crippen LogP contribution in [0.2, 0.25) is 0 Å². The third-order valence-electron chi connectivity index (χ3n) is 14.4. The van der Waals surface area contributed by atoms with Crippen molar-refractivity contribution in [2.24, 2.45) is 21.8 Å². The lowest BCUT2D eigenvalue weighted by molar-refractivity contribution is -0.172. The predicted octanol–water partition coefficient (Wildman–Crippen LogP) is 4.22. The summed E-state index contributed by atoms with van der Waals surface area (Å²) in [5.74, 6) is 3.30. The number of ether oxygens (including phenoxy) is 1. The number of nitrogens with one attached hydrogen (secondary N) is 3. The smallest absolute Gasteiger partial charge is 0.453 e. The zero-order valence-electron chi connectivity index (χ0n) is 38.2. The van der Waals surface area contributed by atoms with E-state index in [2.05, 4.69) is 48.0 Å². The molecule has 3 saturated heterocycles. The number of piperidine rings is 3. The molecule has 3 N–H and O–H groups in total. The minimum Gasteiger partial charge on any atom is -0.475 e. The summed E-state index contributed by atoms with van der Waals surface area (Å²) in [4.78, 5) is 82.8. The van der Waals surface area contributed by atoms with E-state index in [0.717, 1.165) is 49.2 Å². The number of halogens is 3. The summed E-state index contributed by atoms with van der Waals surface area (Å²) in [5, 5.41) is 19.4. The van der Waals surface area contributed by atoms with Crippen LogP contribution in [0.25, 0.3) is 0 Å². The van der Waals surface area contributed by atoms with Crippen LogP contribution < -0.4 is 16.0 Å². The average Bonchev–Trinajstić information content (AvgIpc) is 3.86. The maximum absolute atomic E-state index is 13.5. The van der Waals surface area contributed by atoms with Crippen LogP contribution in [-0.2, 0) is 31.7 Å². The van der Waals surface area contributed by atoms with Crippen molar-refractivity contribution in [1.29, 1.82) is 0 Å². The molecule has 6 amide bonds. The quantitative estimate of drug-likeness (QED) is 0.216. The fourth-order valence-electron chi connectivity index (χ4n) is 11.1. The number of rotatable bonds is 8. The van der Waals surface area contributed by atoms with Gasteiger partial charge in [-0.15, -0.1) is 15.3 Å². The molecule has 6 heterocycles. The largest absolute Gasteiger partial charge is 0.475 e. The number of anilines is 1. The molecule has 358 valence electrons. The van der Waals surface area contributed by atoms with Gasteiger partial charge in [0.25, 0.3) is 23.5 Å². The standard InChI is InChI=1S/C48H53F3N10O7/c1-46(2)43(47(3,4)44(46)68-36-17-15-34-55-56-45(48(49,50)51)61(34)57-36)54-39(64)29-12-10-27(11-13-29)8-9-28-18-22-58(23-19-28)30-20-24-59(25-21-30)37(63)26-52-32-7-5-6-31-38(32)42(67)60(41(31)66)33-14-16-35(62)53-40(33)65/h5-7,10-13,28,30,33,43-44,52H,14-26H2,1-4H3,(H,54,64)(H,53,62,65)/t33?,43-,44-. The molecule has 1 saturated carbocycles. The molecule has 9 rings (SSSR count). The van der Waals surface area contributed by atoms with Gasteiger partial charge in [0.1, 0.15) is 12.1 Å². The summed E-state index contributed by atoms with van der Waals surface area (Å²) in [6.07, 6.45) is -1.07. The molecule has 0 bridgehead atoms. The number of fused-ring (bicyclic) bond motifs is 2. The van der Waals surface area contributed by atoms with Gasteiger partial charge in [0.2, 0.25) is 23.6 Å². The molecule has 0 spiro atoms. The number of carbonyl (C=O) groups is 6. The second kappa shape index (κ2) is 17.8. The van der Waals surface area contributed by atoms with Gasteiger partial charge in [0.05, 0.1) is 17.7 Å². The van der Waals surface area contributed by atoms with E-state index < -0.39 is 58.6 Å². The van der Waals surface area contributed by atoms with Crippen LogP contribution in [-0.4, -0.2) is 128 Å². The summed E-state index contributed by atoms with van der Waals surface area (Å²) in [6, 6.07) is 10.9. The second-order valence-corrected chi connectivity index (χ2v) is 19.6. The first-order valence-electron chi connectivity index (χ1n) is 23.1. The number of amides is 6. The number of imide groups is 2. The molecule has 0 radical (unpaired) electrons. The Balaban J connectivity index is 0.711. The number of carbonyl (C=O) groups excluding carboxylic acids is 6. The van der Waals surface area contributed by atoms with Crippen molar-refractivity contribution in [3.05, 3.63) is 76.4 Å². The second-order valence-electron chi connectivity index (χ2n) is 19.6. The lowest BCUT2D eigenvalue weighted by Gasteiger charge is -2.63. The van der Waals surface area contributed by atoms with Crippen LogP contribution in [0.5, 0.6) is 0 Å². The first-order chi connectivity index (χ1) is 32.3. The normalized spacial score (nSPS) is 23.9. The zero-order valence-corrected chi connectivity index (χ0v) is 38.2. The Bertz CT molecular complexity index is 2640. The van der Waals surface area contributed by atoms with E-state index in [1.54, 1.807) is 24.3 Å². The number of aromatic nitrogens is 3. The van der Waals surface area contributed by atoms with Gasteiger partial charge >= 0.3 is 6.18 Å². The predicted molar refractivity (Wildman–Crippen MR) is 239 cm³/mol. The van der Waals surface area contributed by atoms with Crippen molar-refractivity contribution < 1.29 is 46.7 Å². The van der Waals surface area contributed by atoms with E-state index in [4.69, 9.17) is 4.74 Å². The Morgan fingerprint density at radius 1 is 0.868 bits per heavy atom. The van der Waals surface area contributed by atoms with Crippen LogP contribution >= 0.6 is 0 Å². The molecule has 1 aromatic heterocycles. The molecular formula is C48H53F3N10O7. The van der Waals surface area contributed by atoms with Crippen LogP contribution in [0.15, 0.2) is 47.6 Å². The monoisotopic (exact) mass is 938 g/mol. The van der Waals surface area contributed by atoms with Crippen molar-refractivity contribution in [3.63, 3.8) is 0 Å². The van der Waals surface area contributed by atoms with Crippen LogP contribution in [0.1, 0.15) is 121 Å². The number of alkyl halides is 3. The minimum atomic E-state index is -4.71. The molecule has 1 atom stereocenters. The number of hydrogen-bond donors (Lipinski definition) is 3. The van der Waals surface area contributed by atoms with Crippen molar-refractivity contribution in [3.8, 4) is 11.8 Å². The van der Waals surface area contributed by atoms with Crippen LogP contribution in [0.4, 0.5) is 18.9 Å². The van der Waals surface area contributed by atoms with Crippen molar-refractivity contribution >= 4 is 47.0 Å². The maximum Gasteiger partial charge on any atom is 0.453 e. The average molecular weight is 939 g/mol. The summed E-state index contributed by atoms with van der Waals surface area (Å²) in [6.45, 7) is 10.7. The Kier molecular flexibility index (Phi) is 12.2. The number of nitrogens with zero attached hydrogens (tertiary/aromatic N) is 7. The number of benzene rings is 2. The highest BCUT2D eigenvalue weighted by molar-refractivity contribution is 6.25. The molecule has 2 aromatic carbocycles. The Morgan fingerprint density at radius 2 is 1.57 bits per heavy atom. The van der Waals surface area contributed by atoms with Gasteiger partial charge in [-0.05, 0) is 81.6 Å². The number of hydrogen-bond acceptors (Lipinski definition) is 12. The Hall–Kier alpha value is -6.62. The van der Waals surface area contributed by atoms with Gasteiger partial charge in [-0.2, -0.15) is 17.8 Å². The lowest BCUT2D eigenvalue weighted by atomic mass is 9.49. The lowest BCUT2D eigenvalue weighted by Crippen LogP contribution is -2.74. The molecule has 5 aliphatic heterocycles. The molecule has 20 heteroatoms. The van der Waals surface area contributed by atoms with E-state index >= 15 is 0 Å². The van der Waals surface area contributed by atoms with Gasteiger partial charge < -0.3 is 25.2 Å². The number of likely N-dealkylation sites (tertiary alicyclic amines) is 2. The van der Waals surface area contributed by atoms with Crippen molar-refractivity contribution in [2.75, 3.05) is 38.0 Å². The molecule has 17 nitrogen and oxygen atoms in total. The minimum absolute atomic E-state index is 0.0249. The summed E-state index contributed by atoms with van der Waals surface area (Å²) in [5.41, 5.74) is 0.754. The maximum atomic E-state index is 13.5. The van der Waals surface area contributed by atoms with Gasteiger partial charge in [0.15, 0.2) is 5.82 Å². The van der Waals surface area contributed by atoms with E-state index in [0.29, 0.717) is 35.1 Å². The SMILES string of the molecule is CC1(C)[C@H](NC(=O)c2ccc(C#CC3CCN(C4CCN(C(=O)CNc5cccc6c5C(=O)N(C5CCC(=O)NC5=O)C6=O)CC4)CC3)cc2)C(C)(C)[C@H]1OC1=Nn2c(nnc2C(F)(F)F)CC1. The highest BCUT2D eigenvalue weighted by Crippen LogP contribution is 2.56. The molecule has 4 fully saturated rings. The van der Waals surface area contributed by atoms with Gasteiger partial charge in [-0.1, -0.05) is 45.6 Å². The number of aryl methyl sites for hydroxylation is 1. The van der Waals surface area contributed by atoms with Gasteiger partial charge in [-0.25, -0.2) is 0 Å². The fourth-order valence-corrected chi connectivity index (χ4v) is 11.1. The fraction of sp³-hybridized carbons (Fsp3) is 0.521. The topological polar surface area (TPSA) is 201 Å². The third-order valence-corrected chi connectivity index (χ3v) is 14.4. The van der Waals surface area contributed by atoms with E-state index in [-0.39, 0.29) is 78.9 Å². The van der Waals surface area contributed by atoms with E-state index in [1.807, 2.05) is 44.7 Å². The molecule has 6 aliphatic rings. The summed E-state index contributed by atoms with van der Waals surface area (Å²) >= 11 is 0. The van der Waals surface area contributed by atoms with Gasteiger partial charge in [-0.3, -0.25) is 39.0 Å². The van der Waals surface area contributed by atoms with Crippen molar-refractivity contribution in [2.45, 2.75) is 109 Å². The van der Waals surface area contributed by atoms with Crippen LogP contribution in [0, 0.1) is 28.6 Å². The first kappa shape index (κ1) is 46.5. The molecule has 1 aliphatic carbocycles. The highest BCUT2D eigenvalue weighted by Gasteiger charge is 2.64. The van der Waals surface area contributed by atoms with E-state index in [9.17, 15) is 41.9 Å². The third kappa shape index (κ3) is 8.72. The van der Waals surface area contributed by atoms with Crippen LogP contribution in [0.3, 0.4) is 0 Å². The Labute approximate surface area is 390 Å².